The maximum Gasteiger partial charge on any atom is 0.360 e. The Morgan fingerprint density at radius 3 is 2.76 bits per heavy atom. The summed E-state index contributed by atoms with van der Waals surface area (Å²) < 4.78 is 8.34. The molecule has 1 aromatic carbocycles. The molecule has 1 heterocycles. The second-order valence-corrected chi connectivity index (χ2v) is 5.28. The number of hydrogen-bond acceptors (Lipinski definition) is 3. The number of ether oxygens (including phenoxy) is 1. The Labute approximate surface area is 128 Å². The first-order valence-corrected chi connectivity index (χ1v) is 7.10. The van der Waals surface area contributed by atoms with Crippen molar-refractivity contribution in [2.75, 3.05) is 12.3 Å². The van der Waals surface area contributed by atoms with Gasteiger partial charge in [-0.25, -0.2) is 13.9 Å². The largest absolute Gasteiger partial charge is 0.464 e. The van der Waals surface area contributed by atoms with Crippen molar-refractivity contribution in [2.24, 2.45) is 0 Å². The van der Waals surface area contributed by atoms with Gasteiger partial charge in [0, 0.05) is 0 Å². The number of nitrogen functional groups attached to an aromatic ring is 1. The zero-order valence-corrected chi connectivity index (χ0v) is 13.1. The molecule has 2 rings (SSSR count). The lowest BCUT2D eigenvalue weighted by Crippen LogP contribution is -2.40. The number of carbonyl (C=O) groups is 1. The van der Waals surface area contributed by atoms with Crippen LogP contribution in [0.2, 0.25) is 5.02 Å². The standard InChI is InChI=1S/C15H18ClN3O2/c1-4-21-13(20)9-18-5-6-19(15(18)17)14-11(3)7-10(2)8-12(14)16/h5-8,17H,4,9H2,1-3H3/p+1. The van der Waals surface area contributed by atoms with Gasteiger partial charge < -0.3 is 4.74 Å². The molecular formula is C15H19ClN3O2+. The van der Waals surface area contributed by atoms with Crippen molar-refractivity contribution in [3.63, 3.8) is 0 Å². The molecule has 0 unspecified atom stereocenters. The van der Waals surface area contributed by atoms with Crippen LogP contribution in [0.4, 0.5) is 5.95 Å². The van der Waals surface area contributed by atoms with Gasteiger partial charge in [-0.3, -0.25) is 5.73 Å². The minimum atomic E-state index is -0.321. The lowest BCUT2D eigenvalue weighted by Gasteiger charge is -2.08. The Morgan fingerprint density at radius 2 is 2.14 bits per heavy atom. The number of carbonyl (C=O) groups excluding carboxylic acids is 1. The van der Waals surface area contributed by atoms with Crippen molar-refractivity contribution in [1.29, 1.82) is 0 Å². The molecule has 0 bridgehead atoms. The molecule has 112 valence electrons. The third kappa shape index (κ3) is 3.19. The minimum Gasteiger partial charge on any atom is -0.464 e. The number of halogens is 1. The fraction of sp³-hybridized carbons (Fsp3) is 0.333. The van der Waals surface area contributed by atoms with Crippen molar-refractivity contribution in [3.8, 4) is 5.69 Å². The molecule has 21 heavy (non-hydrogen) atoms. The number of benzene rings is 1. The predicted octanol–water partition coefficient (Wildman–Crippen LogP) is 2.18. The van der Waals surface area contributed by atoms with E-state index in [-0.39, 0.29) is 12.5 Å². The van der Waals surface area contributed by atoms with Crippen LogP contribution in [0.3, 0.4) is 0 Å². The Morgan fingerprint density at radius 1 is 1.43 bits per heavy atom. The number of nitrogens with zero attached hydrogens (tertiary/aromatic N) is 2. The van der Waals surface area contributed by atoms with Gasteiger partial charge in [0.05, 0.1) is 17.8 Å². The second-order valence-electron chi connectivity index (χ2n) is 4.87. The molecule has 1 aromatic heterocycles. The van der Waals surface area contributed by atoms with E-state index in [9.17, 15) is 4.79 Å². The number of rotatable bonds is 4. The number of aryl methyl sites for hydroxylation is 2. The van der Waals surface area contributed by atoms with Gasteiger partial charge in [-0.2, -0.15) is 0 Å². The van der Waals surface area contributed by atoms with Crippen molar-refractivity contribution >= 4 is 23.5 Å². The molecule has 0 spiro atoms. The first-order valence-electron chi connectivity index (χ1n) is 6.73. The highest BCUT2D eigenvalue weighted by Gasteiger charge is 2.20. The minimum absolute atomic E-state index is 0.0786. The summed E-state index contributed by atoms with van der Waals surface area (Å²) in [7, 11) is 0. The molecule has 5 nitrogen and oxygen atoms in total. The van der Waals surface area contributed by atoms with E-state index in [0.29, 0.717) is 17.6 Å². The number of nitrogens with two attached hydrogens (primary N) is 1. The van der Waals surface area contributed by atoms with Gasteiger partial charge in [0.1, 0.15) is 11.9 Å². The van der Waals surface area contributed by atoms with E-state index < -0.39 is 0 Å². The van der Waals surface area contributed by atoms with Crippen LogP contribution in [0, 0.1) is 13.8 Å². The monoisotopic (exact) mass is 308 g/mol. The zero-order chi connectivity index (χ0) is 15.6. The smallest absolute Gasteiger partial charge is 0.360 e. The van der Waals surface area contributed by atoms with Gasteiger partial charge in [0.25, 0.3) is 0 Å². The van der Waals surface area contributed by atoms with Crippen LogP contribution in [-0.4, -0.2) is 17.1 Å². The van der Waals surface area contributed by atoms with E-state index in [4.69, 9.17) is 22.1 Å². The van der Waals surface area contributed by atoms with Crippen LogP contribution >= 0.6 is 11.6 Å². The molecule has 6 heteroatoms. The Bertz CT molecular complexity index is 657. The summed E-state index contributed by atoms with van der Waals surface area (Å²) in [6, 6.07) is 3.93. The molecule has 0 amide bonds. The molecule has 0 saturated heterocycles. The zero-order valence-electron chi connectivity index (χ0n) is 12.4. The molecular weight excluding hydrogens is 290 g/mol. The van der Waals surface area contributed by atoms with Crippen molar-refractivity contribution in [1.82, 2.24) is 4.57 Å². The lowest BCUT2D eigenvalue weighted by molar-refractivity contribution is -0.670. The fourth-order valence-corrected chi connectivity index (χ4v) is 2.73. The molecule has 0 aliphatic heterocycles. The molecule has 0 aliphatic carbocycles. The van der Waals surface area contributed by atoms with E-state index in [0.717, 1.165) is 16.8 Å². The van der Waals surface area contributed by atoms with Crippen LogP contribution in [0.15, 0.2) is 24.5 Å². The molecule has 0 aliphatic rings. The Kier molecular flexibility index (Phi) is 4.53. The number of esters is 1. The Balaban J connectivity index is 2.39. The van der Waals surface area contributed by atoms with E-state index in [2.05, 4.69) is 0 Å². The van der Waals surface area contributed by atoms with Gasteiger partial charge in [-0.1, -0.05) is 17.7 Å². The van der Waals surface area contributed by atoms with Crippen LogP contribution in [0.1, 0.15) is 18.1 Å². The molecule has 0 atom stereocenters. The first kappa shape index (κ1) is 15.4. The van der Waals surface area contributed by atoms with Gasteiger partial charge in [0.2, 0.25) is 0 Å². The molecule has 2 N–H and O–H groups in total. The quantitative estimate of drug-likeness (QED) is 0.695. The molecule has 0 saturated carbocycles. The number of imidazole rings is 1. The average Bonchev–Trinajstić information content (AvgIpc) is 2.71. The van der Waals surface area contributed by atoms with Gasteiger partial charge >= 0.3 is 11.9 Å². The van der Waals surface area contributed by atoms with E-state index in [1.54, 1.807) is 28.5 Å². The van der Waals surface area contributed by atoms with Crippen LogP contribution in [0.25, 0.3) is 5.69 Å². The number of aromatic nitrogens is 2. The highest BCUT2D eigenvalue weighted by Crippen LogP contribution is 2.27. The maximum atomic E-state index is 11.6. The highest BCUT2D eigenvalue weighted by molar-refractivity contribution is 6.32. The third-order valence-electron chi connectivity index (χ3n) is 3.18. The fourth-order valence-electron chi connectivity index (χ4n) is 2.32. The number of hydrogen-bond donors (Lipinski definition) is 1. The normalized spacial score (nSPS) is 10.7. The second kappa shape index (κ2) is 6.18. The summed E-state index contributed by atoms with van der Waals surface area (Å²) in [5.74, 6) is 0.107. The lowest BCUT2D eigenvalue weighted by atomic mass is 10.1. The van der Waals surface area contributed by atoms with Crippen molar-refractivity contribution in [3.05, 3.63) is 40.7 Å². The Hall–Kier alpha value is -2.01. The summed E-state index contributed by atoms with van der Waals surface area (Å²) >= 11 is 6.33. The van der Waals surface area contributed by atoms with E-state index in [1.807, 2.05) is 26.0 Å². The first-order chi connectivity index (χ1) is 9.93. The third-order valence-corrected chi connectivity index (χ3v) is 3.47. The highest BCUT2D eigenvalue weighted by atomic mass is 35.5. The van der Waals surface area contributed by atoms with E-state index >= 15 is 0 Å². The summed E-state index contributed by atoms with van der Waals surface area (Å²) in [6.07, 6.45) is 3.53. The van der Waals surface area contributed by atoms with Crippen molar-refractivity contribution < 1.29 is 14.1 Å². The number of anilines is 1. The maximum absolute atomic E-state index is 11.6. The molecule has 0 fully saturated rings. The van der Waals surface area contributed by atoms with Gasteiger partial charge in [-0.05, 0) is 38.0 Å². The van der Waals surface area contributed by atoms with Crippen LogP contribution < -0.4 is 10.3 Å². The summed E-state index contributed by atoms with van der Waals surface area (Å²) in [4.78, 5) is 11.6. The van der Waals surface area contributed by atoms with Crippen LogP contribution in [0.5, 0.6) is 0 Å². The van der Waals surface area contributed by atoms with Gasteiger partial charge in [-0.15, -0.1) is 0 Å². The molecule has 2 aromatic rings. The summed E-state index contributed by atoms with van der Waals surface area (Å²) in [5.41, 5.74) is 9.05. The SMILES string of the molecule is CCOC(=O)C[n+]1ccn(-c2c(C)cc(C)cc2Cl)c1N. The predicted molar refractivity (Wildman–Crippen MR) is 81.5 cm³/mol. The van der Waals surface area contributed by atoms with Crippen LogP contribution in [-0.2, 0) is 16.1 Å². The van der Waals surface area contributed by atoms with E-state index in [1.165, 1.54) is 0 Å². The van der Waals surface area contributed by atoms with Gasteiger partial charge in [0.15, 0.2) is 6.54 Å². The average molecular weight is 309 g/mol. The van der Waals surface area contributed by atoms with Crippen molar-refractivity contribution in [2.45, 2.75) is 27.3 Å². The topological polar surface area (TPSA) is 61.1 Å². The molecule has 0 radical (unpaired) electrons. The summed E-state index contributed by atoms with van der Waals surface area (Å²) in [6.45, 7) is 6.16. The summed E-state index contributed by atoms with van der Waals surface area (Å²) in [5, 5.41) is 0.623.